The lowest BCUT2D eigenvalue weighted by molar-refractivity contribution is 0.0693. The minimum atomic E-state index is -1.31. The second-order valence-corrected chi connectivity index (χ2v) is 7.28. The first-order valence-corrected chi connectivity index (χ1v) is 9.89. The molecule has 0 spiro atoms. The molecular formula is C22H19ClN2O6. The molecule has 0 radical (unpaired) electrons. The fraction of sp³-hybridized carbons (Fsp3) is 0.227. The molecule has 1 aromatic carbocycles. The SMILES string of the molecule is COCCCOc1cc2c(cc1Cl)-c1cc(=O)c(C(=O)O)cn1C(c1ccncc1)O2. The Morgan fingerprint density at radius 2 is 2.03 bits per heavy atom. The molecule has 3 heterocycles. The van der Waals surface area contributed by atoms with Gasteiger partial charge in [-0.3, -0.25) is 9.78 Å². The van der Waals surface area contributed by atoms with Crippen LogP contribution in [0.4, 0.5) is 0 Å². The summed E-state index contributed by atoms with van der Waals surface area (Å²) in [5.74, 6) is -0.393. The highest BCUT2D eigenvalue weighted by molar-refractivity contribution is 6.32. The maximum atomic E-state index is 12.4. The number of aromatic nitrogens is 2. The van der Waals surface area contributed by atoms with Crippen molar-refractivity contribution in [3.63, 3.8) is 0 Å². The fourth-order valence-corrected chi connectivity index (χ4v) is 3.60. The number of nitrogens with zero attached hydrogens (tertiary/aromatic N) is 2. The molecule has 3 aromatic rings. The Bertz CT molecular complexity index is 1180. The van der Waals surface area contributed by atoms with E-state index < -0.39 is 17.6 Å². The number of methoxy groups -OCH3 is 1. The average Bonchev–Trinajstić information content (AvgIpc) is 2.76. The van der Waals surface area contributed by atoms with Crippen LogP contribution >= 0.6 is 11.6 Å². The van der Waals surface area contributed by atoms with E-state index in [0.29, 0.717) is 47.4 Å². The molecule has 1 N–H and O–H groups in total. The third-order valence-electron chi connectivity index (χ3n) is 4.85. The molecule has 0 amide bonds. The average molecular weight is 443 g/mol. The van der Waals surface area contributed by atoms with Crippen molar-refractivity contribution in [1.82, 2.24) is 9.55 Å². The Kier molecular flexibility index (Phi) is 5.92. The Hall–Kier alpha value is -3.36. The summed E-state index contributed by atoms with van der Waals surface area (Å²) in [6.45, 7) is 0.976. The molecular weight excluding hydrogens is 424 g/mol. The molecule has 2 aromatic heterocycles. The van der Waals surface area contributed by atoms with Gasteiger partial charge in [0.15, 0.2) is 5.43 Å². The number of aromatic carboxylic acids is 1. The van der Waals surface area contributed by atoms with Gasteiger partial charge in [-0.15, -0.1) is 0 Å². The zero-order valence-corrected chi connectivity index (χ0v) is 17.3. The lowest BCUT2D eigenvalue weighted by Gasteiger charge is -2.32. The van der Waals surface area contributed by atoms with E-state index in [2.05, 4.69) is 4.98 Å². The van der Waals surface area contributed by atoms with Crippen LogP contribution in [-0.4, -0.2) is 41.0 Å². The van der Waals surface area contributed by atoms with Gasteiger partial charge in [0.05, 0.1) is 17.3 Å². The van der Waals surface area contributed by atoms with Gasteiger partial charge in [-0.2, -0.15) is 0 Å². The predicted octanol–water partition coefficient (Wildman–Crippen LogP) is 3.62. The van der Waals surface area contributed by atoms with Crippen LogP contribution in [0.2, 0.25) is 5.02 Å². The molecule has 1 aliphatic rings. The number of hydrogen-bond acceptors (Lipinski definition) is 6. The normalized spacial score (nSPS) is 14.3. The minimum absolute atomic E-state index is 0.348. The van der Waals surface area contributed by atoms with Gasteiger partial charge in [0.1, 0.15) is 17.1 Å². The van der Waals surface area contributed by atoms with Gasteiger partial charge in [-0.05, 0) is 18.2 Å². The third-order valence-corrected chi connectivity index (χ3v) is 5.15. The maximum Gasteiger partial charge on any atom is 0.341 e. The number of rotatable bonds is 7. The molecule has 1 atom stereocenters. The van der Waals surface area contributed by atoms with Crippen LogP contribution in [0, 0.1) is 0 Å². The van der Waals surface area contributed by atoms with Crippen molar-refractivity contribution >= 4 is 17.6 Å². The van der Waals surface area contributed by atoms with Gasteiger partial charge in [0.2, 0.25) is 6.23 Å². The van der Waals surface area contributed by atoms with E-state index in [1.54, 1.807) is 48.3 Å². The van der Waals surface area contributed by atoms with Crippen LogP contribution in [0.3, 0.4) is 0 Å². The Labute approximate surface area is 182 Å². The van der Waals surface area contributed by atoms with Crippen LogP contribution in [-0.2, 0) is 4.74 Å². The number of fused-ring (bicyclic) bond motifs is 3. The zero-order valence-electron chi connectivity index (χ0n) is 16.6. The second kappa shape index (κ2) is 8.79. The van der Waals surface area contributed by atoms with Crippen molar-refractivity contribution in [3.05, 3.63) is 75.3 Å². The highest BCUT2D eigenvalue weighted by atomic mass is 35.5. The number of carboxylic acids is 1. The summed E-state index contributed by atoms with van der Waals surface area (Å²) >= 11 is 6.41. The van der Waals surface area contributed by atoms with Crippen LogP contribution in [0.15, 0.2) is 53.7 Å². The van der Waals surface area contributed by atoms with Crippen LogP contribution in [0.5, 0.6) is 11.5 Å². The minimum Gasteiger partial charge on any atom is -0.492 e. The van der Waals surface area contributed by atoms with Crippen molar-refractivity contribution in [3.8, 4) is 22.8 Å². The van der Waals surface area contributed by atoms with E-state index in [9.17, 15) is 14.7 Å². The van der Waals surface area contributed by atoms with Crippen molar-refractivity contribution in [2.75, 3.05) is 20.3 Å². The molecule has 160 valence electrons. The van der Waals surface area contributed by atoms with Crippen LogP contribution in [0.25, 0.3) is 11.3 Å². The summed E-state index contributed by atoms with van der Waals surface area (Å²) in [7, 11) is 1.62. The number of pyridine rings is 2. The van der Waals surface area contributed by atoms with E-state index in [0.717, 1.165) is 5.56 Å². The van der Waals surface area contributed by atoms with Crippen molar-refractivity contribution in [2.24, 2.45) is 0 Å². The largest absolute Gasteiger partial charge is 0.492 e. The van der Waals surface area contributed by atoms with Crippen molar-refractivity contribution < 1.29 is 24.1 Å². The van der Waals surface area contributed by atoms with E-state index >= 15 is 0 Å². The molecule has 0 saturated heterocycles. The summed E-state index contributed by atoms with van der Waals surface area (Å²) in [6.07, 6.45) is 4.51. The molecule has 8 nitrogen and oxygen atoms in total. The first-order valence-electron chi connectivity index (χ1n) is 9.51. The Morgan fingerprint density at radius 1 is 1.26 bits per heavy atom. The van der Waals surface area contributed by atoms with Gasteiger partial charge < -0.3 is 23.9 Å². The second-order valence-electron chi connectivity index (χ2n) is 6.87. The number of carboxylic acid groups (broad SMARTS) is 1. The molecule has 0 saturated carbocycles. The summed E-state index contributed by atoms with van der Waals surface area (Å²) < 4.78 is 18.6. The standard InChI is InChI=1S/C22H19ClN2O6/c1-29-7-2-8-30-20-11-19-14(9-16(20)23)17-10-18(26)15(22(27)28)12-25(17)21(31-19)13-3-5-24-6-4-13/h3-6,9-12,21H,2,7-8H2,1H3,(H,27,28). The lowest BCUT2D eigenvalue weighted by Crippen LogP contribution is -2.27. The lowest BCUT2D eigenvalue weighted by atomic mass is 10.0. The van der Waals surface area contributed by atoms with Gasteiger partial charge in [0.25, 0.3) is 0 Å². The molecule has 0 fully saturated rings. The highest BCUT2D eigenvalue weighted by Crippen LogP contribution is 2.44. The van der Waals surface area contributed by atoms with Gasteiger partial charge in [-0.25, -0.2) is 4.79 Å². The molecule has 4 rings (SSSR count). The Balaban J connectivity index is 1.83. The summed E-state index contributed by atoms with van der Waals surface area (Å²) in [4.78, 5) is 28.0. The zero-order chi connectivity index (χ0) is 22.0. The predicted molar refractivity (Wildman–Crippen MR) is 113 cm³/mol. The first kappa shape index (κ1) is 20.9. The van der Waals surface area contributed by atoms with Crippen molar-refractivity contribution in [1.29, 1.82) is 0 Å². The molecule has 1 aliphatic heterocycles. The van der Waals surface area contributed by atoms with Gasteiger partial charge >= 0.3 is 5.97 Å². The van der Waals surface area contributed by atoms with E-state index in [-0.39, 0.29) is 5.56 Å². The summed E-state index contributed by atoms with van der Waals surface area (Å²) in [5, 5.41) is 9.76. The monoisotopic (exact) mass is 442 g/mol. The third kappa shape index (κ3) is 4.12. The molecule has 0 bridgehead atoms. The van der Waals surface area contributed by atoms with Gasteiger partial charge in [0, 0.05) is 62.0 Å². The topological polar surface area (TPSA) is 99.9 Å². The van der Waals surface area contributed by atoms with E-state index in [1.807, 2.05) is 0 Å². The number of ether oxygens (including phenoxy) is 3. The smallest absolute Gasteiger partial charge is 0.341 e. The first-order chi connectivity index (χ1) is 15.0. The number of carbonyl (C=O) groups is 1. The molecule has 1 unspecified atom stereocenters. The quantitative estimate of drug-likeness (QED) is 0.558. The Morgan fingerprint density at radius 3 is 2.74 bits per heavy atom. The fourth-order valence-electron chi connectivity index (χ4n) is 3.38. The molecule has 31 heavy (non-hydrogen) atoms. The van der Waals surface area contributed by atoms with Crippen LogP contribution in [0.1, 0.15) is 28.6 Å². The summed E-state index contributed by atoms with van der Waals surface area (Å²) in [6, 6.07) is 8.13. The number of halogens is 1. The molecule has 9 heteroatoms. The van der Waals surface area contributed by atoms with Crippen molar-refractivity contribution in [2.45, 2.75) is 12.6 Å². The molecule has 0 aliphatic carbocycles. The maximum absolute atomic E-state index is 12.4. The summed E-state index contributed by atoms with van der Waals surface area (Å²) in [5.41, 5.74) is 0.842. The van der Waals surface area contributed by atoms with Gasteiger partial charge in [-0.1, -0.05) is 11.6 Å². The van der Waals surface area contributed by atoms with E-state index in [1.165, 1.54) is 12.3 Å². The van der Waals surface area contributed by atoms with E-state index in [4.69, 9.17) is 25.8 Å². The van der Waals surface area contributed by atoms with Crippen LogP contribution < -0.4 is 14.9 Å². The number of hydrogen-bond donors (Lipinski definition) is 1. The number of benzene rings is 1. The highest BCUT2D eigenvalue weighted by Gasteiger charge is 2.29.